The third kappa shape index (κ3) is 4.86. The van der Waals surface area contributed by atoms with Crippen molar-refractivity contribution in [1.29, 1.82) is 0 Å². The Morgan fingerprint density at radius 3 is 2.72 bits per heavy atom. The topological polar surface area (TPSA) is 12.0 Å². The second-order valence-electron chi connectivity index (χ2n) is 4.55. The standard InChI is InChI=1S/C14H18BrF2N/c1-10(2)9-18-8-4-3-5-11-13(16)7-6-12(15)14(11)17/h3,5-7,10,18H,4,8-9H2,1-2H3/b5-3+. The molecule has 0 fully saturated rings. The van der Waals surface area contributed by atoms with E-state index in [0.29, 0.717) is 5.92 Å². The molecule has 0 radical (unpaired) electrons. The lowest BCUT2D eigenvalue weighted by Gasteiger charge is -2.05. The van der Waals surface area contributed by atoms with Crippen LogP contribution >= 0.6 is 15.9 Å². The summed E-state index contributed by atoms with van der Waals surface area (Å²) in [5.74, 6) is -0.488. The van der Waals surface area contributed by atoms with Crippen LogP contribution in [0.4, 0.5) is 8.78 Å². The van der Waals surface area contributed by atoms with Crippen LogP contribution in [0.3, 0.4) is 0 Å². The van der Waals surface area contributed by atoms with Gasteiger partial charge < -0.3 is 5.32 Å². The molecule has 18 heavy (non-hydrogen) atoms. The van der Waals surface area contributed by atoms with Crippen molar-refractivity contribution in [2.45, 2.75) is 20.3 Å². The van der Waals surface area contributed by atoms with E-state index < -0.39 is 11.6 Å². The molecule has 0 saturated heterocycles. The maximum atomic E-state index is 13.6. The van der Waals surface area contributed by atoms with Crippen molar-refractivity contribution in [2.75, 3.05) is 13.1 Å². The minimum atomic E-state index is -0.554. The Morgan fingerprint density at radius 2 is 2.06 bits per heavy atom. The summed E-state index contributed by atoms with van der Waals surface area (Å²) in [4.78, 5) is 0. The van der Waals surface area contributed by atoms with E-state index in [-0.39, 0.29) is 10.0 Å². The lowest BCUT2D eigenvalue weighted by molar-refractivity contribution is 0.557. The smallest absolute Gasteiger partial charge is 0.147 e. The number of benzene rings is 1. The average Bonchev–Trinajstić information content (AvgIpc) is 2.32. The zero-order valence-corrected chi connectivity index (χ0v) is 12.2. The van der Waals surface area contributed by atoms with Crippen LogP contribution in [0.5, 0.6) is 0 Å². The second-order valence-corrected chi connectivity index (χ2v) is 5.40. The van der Waals surface area contributed by atoms with E-state index in [0.717, 1.165) is 19.5 Å². The Morgan fingerprint density at radius 1 is 1.33 bits per heavy atom. The molecule has 0 bridgehead atoms. The van der Waals surface area contributed by atoms with Crippen molar-refractivity contribution < 1.29 is 8.78 Å². The predicted octanol–water partition coefficient (Wildman–Crippen LogP) is 4.38. The summed E-state index contributed by atoms with van der Waals surface area (Å²) in [6, 6.07) is 2.62. The Bertz CT molecular complexity index is 417. The minimum absolute atomic E-state index is 0.00762. The summed E-state index contributed by atoms with van der Waals surface area (Å²) in [6.45, 7) is 6.03. The first-order valence-corrected chi connectivity index (χ1v) is 6.82. The zero-order valence-electron chi connectivity index (χ0n) is 10.6. The first-order chi connectivity index (χ1) is 8.52. The quantitative estimate of drug-likeness (QED) is 0.606. The molecule has 0 unspecified atom stereocenters. The lowest BCUT2D eigenvalue weighted by Crippen LogP contribution is -2.20. The monoisotopic (exact) mass is 317 g/mol. The highest BCUT2D eigenvalue weighted by Gasteiger charge is 2.08. The van der Waals surface area contributed by atoms with Gasteiger partial charge >= 0.3 is 0 Å². The van der Waals surface area contributed by atoms with Crippen LogP contribution < -0.4 is 5.32 Å². The average molecular weight is 318 g/mol. The van der Waals surface area contributed by atoms with Gasteiger partial charge in [-0.15, -0.1) is 0 Å². The van der Waals surface area contributed by atoms with E-state index in [2.05, 4.69) is 35.1 Å². The molecule has 0 aliphatic rings. The molecular formula is C14H18BrF2N. The van der Waals surface area contributed by atoms with Gasteiger partial charge in [0, 0.05) is 5.56 Å². The van der Waals surface area contributed by atoms with E-state index in [9.17, 15) is 8.78 Å². The molecule has 0 aliphatic heterocycles. The van der Waals surface area contributed by atoms with Crippen molar-refractivity contribution in [3.8, 4) is 0 Å². The molecule has 4 heteroatoms. The van der Waals surface area contributed by atoms with Gasteiger partial charge in [-0.3, -0.25) is 0 Å². The lowest BCUT2D eigenvalue weighted by atomic mass is 10.1. The van der Waals surface area contributed by atoms with Gasteiger partial charge in [0.1, 0.15) is 11.6 Å². The Kier molecular flexibility index (Phi) is 6.50. The highest BCUT2D eigenvalue weighted by molar-refractivity contribution is 9.10. The van der Waals surface area contributed by atoms with Gasteiger partial charge in [-0.2, -0.15) is 0 Å². The second kappa shape index (κ2) is 7.64. The number of rotatable bonds is 6. The molecule has 0 aliphatic carbocycles. The molecule has 1 aromatic carbocycles. The van der Waals surface area contributed by atoms with Crippen LogP contribution in [0, 0.1) is 17.6 Å². The maximum Gasteiger partial charge on any atom is 0.147 e. The third-order valence-corrected chi connectivity index (χ3v) is 3.02. The summed E-state index contributed by atoms with van der Waals surface area (Å²) in [5.41, 5.74) is 0.00762. The molecule has 0 amide bonds. The summed E-state index contributed by atoms with van der Waals surface area (Å²) < 4.78 is 27.3. The molecule has 1 nitrogen and oxygen atoms in total. The van der Waals surface area contributed by atoms with Gasteiger partial charge in [0.15, 0.2) is 0 Å². The van der Waals surface area contributed by atoms with Crippen LogP contribution in [0.1, 0.15) is 25.8 Å². The fourth-order valence-corrected chi connectivity index (χ4v) is 1.82. The number of halogens is 3. The molecular weight excluding hydrogens is 300 g/mol. The van der Waals surface area contributed by atoms with Gasteiger partial charge in [-0.25, -0.2) is 8.78 Å². The Hall–Kier alpha value is -0.740. The van der Waals surface area contributed by atoms with Crippen molar-refractivity contribution >= 4 is 22.0 Å². The van der Waals surface area contributed by atoms with Crippen LogP contribution in [0.15, 0.2) is 22.7 Å². The van der Waals surface area contributed by atoms with Gasteiger partial charge in [0.05, 0.1) is 4.47 Å². The Labute approximate surface area is 115 Å². The molecule has 1 rings (SSSR count). The van der Waals surface area contributed by atoms with E-state index in [1.807, 2.05) is 0 Å². The molecule has 0 spiro atoms. The molecule has 0 atom stereocenters. The first kappa shape index (κ1) is 15.3. The number of nitrogens with one attached hydrogen (secondary N) is 1. The zero-order chi connectivity index (χ0) is 13.5. The van der Waals surface area contributed by atoms with E-state index in [1.165, 1.54) is 18.2 Å². The van der Waals surface area contributed by atoms with Gasteiger partial charge in [0.25, 0.3) is 0 Å². The number of hydrogen-bond donors (Lipinski definition) is 1. The van der Waals surface area contributed by atoms with Gasteiger partial charge in [-0.1, -0.05) is 26.0 Å². The van der Waals surface area contributed by atoms with Crippen molar-refractivity contribution in [1.82, 2.24) is 5.32 Å². The fourth-order valence-electron chi connectivity index (χ4n) is 1.47. The van der Waals surface area contributed by atoms with Crippen molar-refractivity contribution in [3.05, 3.63) is 39.9 Å². The van der Waals surface area contributed by atoms with Crippen LogP contribution in [0.25, 0.3) is 6.08 Å². The summed E-state index contributed by atoms with van der Waals surface area (Å²) in [7, 11) is 0. The van der Waals surface area contributed by atoms with Crippen LogP contribution in [-0.2, 0) is 0 Å². The molecule has 0 heterocycles. The highest BCUT2D eigenvalue weighted by Crippen LogP contribution is 2.22. The highest BCUT2D eigenvalue weighted by atomic mass is 79.9. The Balaban J connectivity index is 2.50. The van der Waals surface area contributed by atoms with Gasteiger partial charge in [-0.05, 0) is 53.5 Å². The predicted molar refractivity (Wildman–Crippen MR) is 75.4 cm³/mol. The fraction of sp³-hybridized carbons (Fsp3) is 0.429. The maximum absolute atomic E-state index is 13.6. The van der Waals surface area contributed by atoms with E-state index >= 15 is 0 Å². The van der Waals surface area contributed by atoms with E-state index in [1.54, 1.807) is 6.08 Å². The van der Waals surface area contributed by atoms with Crippen molar-refractivity contribution in [3.63, 3.8) is 0 Å². The summed E-state index contributed by atoms with van der Waals surface area (Å²) in [6.07, 6.45) is 4.02. The molecule has 100 valence electrons. The van der Waals surface area contributed by atoms with E-state index in [4.69, 9.17) is 0 Å². The number of hydrogen-bond acceptors (Lipinski definition) is 1. The molecule has 0 saturated carbocycles. The normalized spacial score (nSPS) is 11.7. The SMILES string of the molecule is CC(C)CNCC/C=C/c1c(F)ccc(Br)c1F. The minimum Gasteiger partial charge on any atom is -0.316 e. The summed E-state index contributed by atoms with van der Waals surface area (Å²) in [5, 5.41) is 3.26. The molecule has 0 aromatic heterocycles. The summed E-state index contributed by atoms with van der Waals surface area (Å²) >= 11 is 3.04. The van der Waals surface area contributed by atoms with Gasteiger partial charge in [0.2, 0.25) is 0 Å². The van der Waals surface area contributed by atoms with Crippen LogP contribution in [-0.4, -0.2) is 13.1 Å². The molecule has 1 aromatic rings. The largest absolute Gasteiger partial charge is 0.316 e. The van der Waals surface area contributed by atoms with Crippen LogP contribution in [0.2, 0.25) is 0 Å². The first-order valence-electron chi connectivity index (χ1n) is 6.03. The molecule has 1 N–H and O–H groups in total. The third-order valence-electron chi connectivity index (χ3n) is 2.40. The van der Waals surface area contributed by atoms with Crippen molar-refractivity contribution in [2.24, 2.45) is 5.92 Å².